The summed E-state index contributed by atoms with van der Waals surface area (Å²) in [6.45, 7) is 0. The first-order chi connectivity index (χ1) is 6.15. The van der Waals surface area contributed by atoms with E-state index in [-0.39, 0.29) is 5.97 Å². The lowest BCUT2D eigenvalue weighted by Gasteiger charge is -2.11. The van der Waals surface area contributed by atoms with Crippen LogP contribution in [0, 0.1) is 0 Å². The van der Waals surface area contributed by atoms with Gasteiger partial charge in [-0.2, -0.15) is 0 Å². The molecular weight excluding hydrogens is 166 g/mol. The lowest BCUT2D eigenvalue weighted by Crippen LogP contribution is -2.09. The van der Waals surface area contributed by atoms with Crippen molar-refractivity contribution in [3.05, 3.63) is 29.8 Å². The van der Waals surface area contributed by atoms with Crippen LogP contribution in [0.3, 0.4) is 0 Å². The van der Waals surface area contributed by atoms with E-state index in [4.69, 9.17) is 0 Å². The second-order valence-electron chi connectivity index (χ2n) is 2.93. The molecule has 0 aliphatic heterocycles. The van der Waals surface area contributed by atoms with E-state index in [1.54, 1.807) is 12.1 Å². The van der Waals surface area contributed by atoms with Crippen LogP contribution < -0.4 is 4.90 Å². The van der Waals surface area contributed by atoms with E-state index in [1.165, 1.54) is 7.11 Å². The number of rotatable bonds is 2. The number of anilines is 1. The van der Waals surface area contributed by atoms with Crippen molar-refractivity contribution in [1.29, 1.82) is 0 Å². The molecular formula is C10H13NO2. The first kappa shape index (κ1) is 9.58. The maximum absolute atomic E-state index is 11.1. The van der Waals surface area contributed by atoms with Crippen molar-refractivity contribution in [2.45, 2.75) is 0 Å². The van der Waals surface area contributed by atoms with Gasteiger partial charge in [0.2, 0.25) is 0 Å². The molecule has 0 heterocycles. The third kappa shape index (κ3) is 2.21. The van der Waals surface area contributed by atoms with E-state index in [0.717, 1.165) is 5.69 Å². The Bertz CT molecular complexity index is 290. The monoisotopic (exact) mass is 179 g/mol. The summed E-state index contributed by atoms with van der Waals surface area (Å²) in [7, 11) is 5.28. The third-order valence-electron chi connectivity index (χ3n) is 1.80. The number of hydrogen-bond acceptors (Lipinski definition) is 3. The molecule has 0 aromatic heterocycles. The number of carbonyl (C=O) groups is 1. The molecule has 0 bridgehead atoms. The molecule has 13 heavy (non-hydrogen) atoms. The van der Waals surface area contributed by atoms with Gasteiger partial charge in [0.25, 0.3) is 0 Å². The van der Waals surface area contributed by atoms with Gasteiger partial charge < -0.3 is 9.64 Å². The summed E-state index contributed by atoms with van der Waals surface area (Å²) in [5.74, 6) is -0.301. The van der Waals surface area contributed by atoms with Crippen LogP contribution in [-0.4, -0.2) is 27.2 Å². The average molecular weight is 179 g/mol. The minimum absolute atomic E-state index is 0.301. The average Bonchev–Trinajstić information content (AvgIpc) is 2.17. The summed E-state index contributed by atoms with van der Waals surface area (Å²) in [5, 5.41) is 0. The third-order valence-corrected chi connectivity index (χ3v) is 1.80. The van der Waals surface area contributed by atoms with Crippen molar-refractivity contribution in [3.63, 3.8) is 0 Å². The van der Waals surface area contributed by atoms with Gasteiger partial charge in [-0.05, 0) is 24.3 Å². The highest BCUT2D eigenvalue weighted by Gasteiger charge is 2.04. The van der Waals surface area contributed by atoms with Crippen LogP contribution in [0.25, 0.3) is 0 Å². The van der Waals surface area contributed by atoms with E-state index in [1.807, 2.05) is 31.1 Å². The number of hydrogen-bond donors (Lipinski definition) is 0. The Morgan fingerprint density at radius 3 is 2.15 bits per heavy atom. The zero-order valence-electron chi connectivity index (χ0n) is 8.07. The Balaban J connectivity index is 2.87. The topological polar surface area (TPSA) is 29.5 Å². The van der Waals surface area contributed by atoms with Crippen molar-refractivity contribution in [2.75, 3.05) is 26.1 Å². The fourth-order valence-electron chi connectivity index (χ4n) is 1.01. The molecule has 0 radical (unpaired) electrons. The quantitative estimate of drug-likeness (QED) is 0.645. The van der Waals surface area contributed by atoms with E-state index >= 15 is 0 Å². The van der Waals surface area contributed by atoms with Gasteiger partial charge in [-0.25, -0.2) is 4.79 Å². The SMILES string of the molecule is COC(=O)c1ccc(N(C)C)cc1. The zero-order chi connectivity index (χ0) is 9.84. The molecule has 1 aromatic carbocycles. The van der Waals surface area contributed by atoms with Crippen molar-refractivity contribution >= 4 is 11.7 Å². The van der Waals surface area contributed by atoms with Gasteiger partial charge in [-0.1, -0.05) is 0 Å². The predicted octanol–water partition coefficient (Wildman–Crippen LogP) is 1.54. The van der Waals surface area contributed by atoms with Gasteiger partial charge in [0, 0.05) is 19.8 Å². The molecule has 0 N–H and O–H groups in total. The van der Waals surface area contributed by atoms with Crippen LogP contribution in [0.5, 0.6) is 0 Å². The van der Waals surface area contributed by atoms with Crippen molar-refractivity contribution in [2.24, 2.45) is 0 Å². The molecule has 0 amide bonds. The molecule has 0 fully saturated rings. The predicted molar refractivity (Wildman–Crippen MR) is 52.1 cm³/mol. The zero-order valence-corrected chi connectivity index (χ0v) is 8.07. The molecule has 0 aliphatic carbocycles. The maximum Gasteiger partial charge on any atom is 0.337 e. The fraction of sp³-hybridized carbons (Fsp3) is 0.300. The summed E-state index contributed by atoms with van der Waals surface area (Å²) >= 11 is 0. The summed E-state index contributed by atoms with van der Waals surface area (Å²) < 4.78 is 4.58. The molecule has 0 unspecified atom stereocenters. The van der Waals surface area contributed by atoms with Gasteiger partial charge in [-0.15, -0.1) is 0 Å². The molecule has 0 spiro atoms. The molecule has 1 rings (SSSR count). The summed E-state index contributed by atoms with van der Waals surface area (Å²) in [4.78, 5) is 13.0. The molecule has 3 heteroatoms. The molecule has 3 nitrogen and oxygen atoms in total. The van der Waals surface area contributed by atoms with Crippen molar-refractivity contribution in [3.8, 4) is 0 Å². The highest BCUT2D eigenvalue weighted by Crippen LogP contribution is 2.12. The molecule has 0 saturated carbocycles. The first-order valence-electron chi connectivity index (χ1n) is 4.01. The number of ether oxygens (including phenoxy) is 1. The molecule has 0 saturated heterocycles. The lowest BCUT2D eigenvalue weighted by atomic mass is 10.2. The highest BCUT2D eigenvalue weighted by atomic mass is 16.5. The van der Waals surface area contributed by atoms with E-state index in [0.29, 0.717) is 5.56 Å². The second kappa shape index (κ2) is 3.94. The van der Waals surface area contributed by atoms with E-state index in [9.17, 15) is 4.79 Å². The standard InChI is InChI=1S/C10H13NO2/c1-11(2)9-6-4-8(5-7-9)10(12)13-3/h4-7H,1-3H3. The number of carbonyl (C=O) groups excluding carboxylic acids is 1. The summed E-state index contributed by atoms with van der Waals surface area (Å²) in [6.07, 6.45) is 0. The van der Waals surface area contributed by atoms with Gasteiger partial charge >= 0.3 is 5.97 Å². The van der Waals surface area contributed by atoms with E-state index < -0.39 is 0 Å². The molecule has 0 aliphatic rings. The Hall–Kier alpha value is -1.51. The normalized spacial score (nSPS) is 9.46. The van der Waals surface area contributed by atoms with Crippen molar-refractivity contribution < 1.29 is 9.53 Å². The molecule has 70 valence electrons. The van der Waals surface area contributed by atoms with Crippen LogP contribution in [0.2, 0.25) is 0 Å². The molecule has 1 aromatic rings. The smallest absolute Gasteiger partial charge is 0.337 e. The van der Waals surface area contributed by atoms with Gasteiger partial charge in [0.15, 0.2) is 0 Å². The van der Waals surface area contributed by atoms with Crippen LogP contribution in [0.15, 0.2) is 24.3 Å². The van der Waals surface area contributed by atoms with Crippen LogP contribution in [0.4, 0.5) is 5.69 Å². The van der Waals surface area contributed by atoms with Crippen LogP contribution in [-0.2, 0) is 4.74 Å². The lowest BCUT2D eigenvalue weighted by molar-refractivity contribution is 0.0601. The first-order valence-corrected chi connectivity index (χ1v) is 4.01. The Morgan fingerprint density at radius 2 is 1.77 bits per heavy atom. The number of nitrogens with zero attached hydrogens (tertiary/aromatic N) is 1. The number of benzene rings is 1. The Kier molecular flexibility index (Phi) is 2.90. The minimum Gasteiger partial charge on any atom is -0.465 e. The highest BCUT2D eigenvalue weighted by molar-refractivity contribution is 5.89. The van der Waals surface area contributed by atoms with Crippen molar-refractivity contribution in [1.82, 2.24) is 0 Å². The van der Waals surface area contributed by atoms with Gasteiger partial charge in [-0.3, -0.25) is 0 Å². The van der Waals surface area contributed by atoms with Gasteiger partial charge in [0.05, 0.1) is 12.7 Å². The van der Waals surface area contributed by atoms with Gasteiger partial charge in [0.1, 0.15) is 0 Å². The fourth-order valence-corrected chi connectivity index (χ4v) is 1.01. The number of methoxy groups -OCH3 is 1. The maximum atomic E-state index is 11.1. The summed E-state index contributed by atoms with van der Waals surface area (Å²) in [6, 6.07) is 7.26. The second-order valence-corrected chi connectivity index (χ2v) is 2.93. The Morgan fingerprint density at radius 1 is 1.23 bits per heavy atom. The Labute approximate surface area is 77.9 Å². The van der Waals surface area contributed by atoms with Crippen LogP contribution >= 0.6 is 0 Å². The van der Waals surface area contributed by atoms with Crippen LogP contribution in [0.1, 0.15) is 10.4 Å². The summed E-state index contributed by atoms with van der Waals surface area (Å²) in [5.41, 5.74) is 1.64. The molecule has 0 atom stereocenters. The largest absolute Gasteiger partial charge is 0.465 e. The van der Waals surface area contributed by atoms with E-state index in [2.05, 4.69) is 4.74 Å². The number of esters is 1. The minimum atomic E-state index is -0.301.